The van der Waals surface area contributed by atoms with Gasteiger partial charge in [0.1, 0.15) is 0 Å². The standard InChI is InChI=1S/C15H16N2S/c1-2-6-12-10(4-1)5-3-7-13-14(12)17-15(18-13)16-11-8-9-11/h1-2,4,6,11H,3,5,7-9H2,(H,16,17). The molecule has 1 saturated carbocycles. The van der Waals surface area contributed by atoms with E-state index in [1.807, 2.05) is 11.3 Å². The fraction of sp³-hybridized carbons (Fsp3) is 0.400. The van der Waals surface area contributed by atoms with Gasteiger partial charge in [0.25, 0.3) is 0 Å². The summed E-state index contributed by atoms with van der Waals surface area (Å²) in [5, 5.41) is 4.66. The van der Waals surface area contributed by atoms with E-state index < -0.39 is 0 Å². The topological polar surface area (TPSA) is 24.9 Å². The van der Waals surface area contributed by atoms with Gasteiger partial charge in [0.2, 0.25) is 0 Å². The predicted octanol–water partition coefficient (Wildman–Crippen LogP) is 3.87. The molecule has 4 rings (SSSR count). The first-order chi connectivity index (χ1) is 8.90. The van der Waals surface area contributed by atoms with Gasteiger partial charge in [-0.1, -0.05) is 24.3 Å². The molecule has 0 amide bonds. The van der Waals surface area contributed by atoms with Crippen molar-refractivity contribution >= 4 is 16.5 Å². The molecule has 1 aromatic heterocycles. The maximum absolute atomic E-state index is 4.84. The first-order valence-electron chi connectivity index (χ1n) is 6.75. The van der Waals surface area contributed by atoms with Crippen LogP contribution in [-0.2, 0) is 12.8 Å². The molecule has 1 fully saturated rings. The van der Waals surface area contributed by atoms with Gasteiger partial charge in [-0.15, -0.1) is 11.3 Å². The molecule has 92 valence electrons. The molecule has 0 atom stereocenters. The summed E-state index contributed by atoms with van der Waals surface area (Å²) < 4.78 is 0. The van der Waals surface area contributed by atoms with E-state index in [-0.39, 0.29) is 0 Å². The fourth-order valence-corrected chi connectivity index (χ4v) is 3.70. The molecule has 3 heteroatoms. The number of benzene rings is 1. The summed E-state index contributed by atoms with van der Waals surface area (Å²) in [5.41, 5.74) is 4.04. The molecule has 18 heavy (non-hydrogen) atoms. The second kappa shape index (κ2) is 4.09. The van der Waals surface area contributed by atoms with Crippen molar-refractivity contribution in [3.63, 3.8) is 0 Å². The number of thiazole rings is 1. The van der Waals surface area contributed by atoms with E-state index in [2.05, 4.69) is 29.6 Å². The Bertz CT molecular complexity index is 584. The van der Waals surface area contributed by atoms with Gasteiger partial charge in [0.15, 0.2) is 5.13 Å². The Labute approximate surface area is 111 Å². The Morgan fingerprint density at radius 3 is 2.94 bits per heavy atom. The zero-order valence-corrected chi connectivity index (χ0v) is 11.1. The maximum atomic E-state index is 4.84. The van der Waals surface area contributed by atoms with Crippen LogP contribution in [0.4, 0.5) is 5.13 Å². The third-order valence-electron chi connectivity index (χ3n) is 3.72. The summed E-state index contributed by atoms with van der Waals surface area (Å²) in [6.45, 7) is 0. The minimum atomic E-state index is 0.690. The van der Waals surface area contributed by atoms with Crippen molar-refractivity contribution in [3.8, 4) is 11.3 Å². The summed E-state index contributed by atoms with van der Waals surface area (Å²) in [7, 11) is 0. The Morgan fingerprint density at radius 2 is 2.06 bits per heavy atom. The molecule has 1 heterocycles. The molecule has 0 unspecified atom stereocenters. The van der Waals surface area contributed by atoms with Crippen LogP contribution in [0.1, 0.15) is 29.7 Å². The number of hydrogen-bond acceptors (Lipinski definition) is 3. The quantitative estimate of drug-likeness (QED) is 0.882. The van der Waals surface area contributed by atoms with Gasteiger partial charge in [0, 0.05) is 16.5 Å². The molecule has 1 aromatic carbocycles. The first kappa shape index (κ1) is 10.6. The number of hydrogen-bond donors (Lipinski definition) is 1. The number of fused-ring (bicyclic) bond motifs is 3. The molecular formula is C15H16N2S. The molecule has 0 saturated heterocycles. The number of aromatic nitrogens is 1. The van der Waals surface area contributed by atoms with E-state index in [0.717, 1.165) is 5.13 Å². The zero-order valence-electron chi connectivity index (χ0n) is 10.3. The minimum absolute atomic E-state index is 0.690. The number of anilines is 1. The highest BCUT2D eigenvalue weighted by Crippen LogP contribution is 2.38. The summed E-state index contributed by atoms with van der Waals surface area (Å²) in [4.78, 5) is 6.30. The van der Waals surface area contributed by atoms with Gasteiger partial charge < -0.3 is 5.32 Å². The summed E-state index contributed by atoms with van der Waals surface area (Å²) in [6, 6.07) is 9.42. The molecule has 2 aliphatic carbocycles. The van der Waals surface area contributed by atoms with Crippen molar-refractivity contribution in [1.29, 1.82) is 0 Å². The Kier molecular flexibility index (Phi) is 2.40. The molecule has 2 nitrogen and oxygen atoms in total. The van der Waals surface area contributed by atoms with Crippen molar-refractivity contribution in [2.45, 2.75) is 38.1 Å². The third-order valence-corrected chi connectivity index (χ3v) is 4.77. The Hall–Kier alpha value is -1.35. The lowest BCUT2D eigenvalue weighted by atomic mass is 10.0. The van der Waals surface area contributed by atoms with Crippen LogP contribution >= 0.6 is 11.3 Å². The van der Waals surface area contributed by atoms with Crippen molar-refractivity contribution < 1.29 is 0 Å². The highest BCUT2D eigenvalue weighted by molar-refractivity contribution is 7.16. The van der Waals surface area contributed by atoms with Gasteiger partial charge in [-0.3, -0.25) is 0 Å². The Balaban J connectivity index is 1.78. The third kappa shape index (κ3) is 1.83. The van der Waals surface area contributed by atoms with Crippen LogP contribution in [0.15, 0.2) is 24.3 Å². The SMILES string of the molecule is c1ccc2c(c1)CCCc1sc(NC3CC3)nc1-2. The first-order valence-corrected chi connectivity index (χ1v) is 7.56. The van der Waals surface area contributed by atoms with Gasteiger partial charge in [-0.25, -0.2) is 4.98 Å². The molecular weight excluding hydrogens is 240 g/mol. The van der Waals surface area contributed by atoms with Crippen molar-refractivity contribution in [1.82, 2.24) is 4.98 Å². The van der Waals surface area contributed by atoms with Crippen LogP contribution in [-0.4, -0.2) is 11.0 Å². The lowest BCUT2D eigenvalue weighted by Gasteiger charge is -2.03. The molecule has 0 radical (unpaired) electrons. The highest BCUT2D eigenvalue weighted by Gasteiger charge is 2.24. The van der Waals surface area contributed by atoms with Gasteiger partial charge in [0.05, 0.1) is 5.69 Å². The van der Waals surface area contributed by atoms with Crippen molar-refractivity contribution in [3.05, 3.63) is 34.7 Å². The van der Waals surface area contributed by atoms with Crippen LogP contribution in [0.25, 0.3) is 11.3 Å². The molecule has 1 N–H and O–H groups in total. The maximum Gasteiger partial charge on any atom is 0.183 e. The van der Waals surface area contributed by atoms with Crippen molar-refractivity contribution in [2.75, 3.05) is 5.32 Å². The average molecular weight is 256 g/mol. The van der Waals surface area contributed by atoms with E-state index in [0.29, 0.717) is 6.04 Å². The van der Waals surface area contributed by atoms with Crippen LogP contribution in [0.5, 0.6) is 0 Å². The van der Waals surface area contributed by atoms with E-state index in [1.54, 1.807) is 0 Å². The van der Waals surface area contributed by atoms with Gasteiger partial charge in [-0.05, 0) is 37.7 Å². The number of rotatable bonds is 2. The van der Waals surface area contributed by atoms with E-state index in [4.69, 9.17) is 4.98 Å². The molecule has 2 aliphatic rings. The van der Waals surface area contributed by atoms with Crippen LogP contribution in [0.2, 0.25) is 0 Å². The monoisotopic (exact) mass is 256 g/mol. The summed E-state index contributed by atoms with van der Waals surface area (Å²) >= 11 is 1.86. The summed E-state index contributed by atoms with van der Waals surface area (Å²) in [5.74, 6) is 0. The molecule has 0 bridgehead atoms. The van der Waals surface area contributed by atoms with Crippen molar-refractivity contribution in [2.24, 2.45) is 0 Å². The molecule has 2 aromatic rings. The summed E-state index contributed by atoms with van der Waals surface area (Å²) in [6.07, 6.45) is 6.22. The van der Waals surface area contributed by atoms with Gasteiger partial charge in [-0.2, -0.15) is 0 Å². The van der Waals surface area contributed by atoms with E-state index >= 15 is 0 Å². The van der Waals surface area contributed by atoms with E-state index in [9.17, 15) is 0 Å². The fourth-order valence-electron chi connectivity index (χ4n) is 2.60. The predicted molar refractivity (Wildman–Crippen MR) is 76.2 cm³/mol. The average Bonchev–Trinajstić information content (AvgIpc) is 3.13. The number of nitrogens with zero attached hydrogens (tertiary/aromatic N) is 1. The van der Waals surface area contributed by atoms with Crippen LogP contribution in [0.3, 0.4) is 0 Å². The highest BCUT2D eigenvalue weighted by atomic mass is 32.1. The smallest absolute Gasteiger partial charge is 0.183 e. The van der Waals surface area contributed by atoms with E-state index in [1.165, 1.54) is 53.8 Å². The van der Waals surface area contributed by atoms with Crippen LogP contribution < -0.4 is 5.32 Å². The lowest BCUT2D eigenvalue weighted by molar-refractivity contribution is 0.843. The molecule has 0 aliphatic heterocycles. The lowest BCUT2D eigenvalue weighted by Crippen LogP contribution is -1.99. The largest absolute Gasteiger partial charge is 0.359 e. The second-order valence-electron chi connectivity index (χ2n) is 5.22. The Morgan fingerprint density at radius 1 is 1.17 bits per heavy atom. The zero-order chi connectivity index (χ0) is 11.9. The second-order valence-corrected chi connectivity index (χ2v) is 6.30. The van der Waals surface area contributed by atoms with Gasteiger partial charge >= 0.3 is 0 Å². The van der Waals surface area contributed by atoms with Crippen LogP contribution in [0, 0.1) is 0 Å². The number of aryl methyl sites for hydroxylation is 2. The normalized spacial score (nSPS) is 17.8. The molecule has 0 spiro atoms. The minimum Gasteiger partial charge on any atom is -0.359 e. The number of nitrogens with one attached hydrogen (secondary N) is 1.